The Bertz CT molecular complexity index is 1320. The Morgan fingerprint density at radius 2 is 1.82 bits per heavy atom. The molecule has 0 aliphatic heterocycles. The first-order chi connectivity index (χ1) is 13.7. The van der Waals surface area contributed by atoms with Crippen LogP contribution in [0.4, 0.5) is 5.95 Å². The second-order valence-electron chi connectivity index (χ2n) is 6.38. The van der Waals surface area contributed by atoms with E-state index in [9.17, 15) is 0 Å². The van der Waals surface area contributed by atoms with Gasteiger partial charge in [0.2, 0.25) is 5.95 Å². The van der Waals surface area contributed by atoms with E-state index in [-0.39, 0.29) is 5.95 Å². The predicted molar refractivity (Wildman–Crippen MR) is 104 cm³/mol. The van der Waals surface area contributed by atoms with Crippen molar-refractivity contribution in [2.45, 2.75) is 6.92 Å². The zero-order chi connectivity index (χ0) is 19.3. The summed E-state index contributed by atoms with van der Waals surface area (Å²) in [6, 6.07) is 11.6. The van der Waals surface area contributed by atoms with Gasteiger partial charge in [0.15, 0.2) is 5.65 Å². The number of tetrazole rings is 1. The number of rotatable bonds is 3. The van der Waals surface area contributed by atoms with Gasteiger partial charge in [0.1, 0.15) is 11.4 Å². The standard InChI is InChI=1S/C19H16N8O/c1-11-9-21-15-8-5-13(10-26(11)15)16-17(12-3-6-14(28-2)7-4-12)22-19(20)27-18(16)23-24-25-27/h3-10H,1-2H3,(H2,20,22). The summed E-state index contributed by atoms with van der Waals surface area (Å²) < 4.78 is 8.72. The van der Waals surface area contributed by atoms with E-state index in [4.69, 9.17) is 10.5 Å². The third-order valence-corrected chi connectivity index (χ3v) is 4.72. The van der Waals surface area contributed by atoms with Crippen LogP contribution in [0.5, 0.6) is 5.75 Å². The molecule has 9 heteroatoms. The molecule has 0 saturated carbocycles. The van der Waals surface area contributed by atoms with Crippen molar-refractivity contribution in [2.75, 3.05) is 12.8 Å². The van der Waals surface area contributed by atoms with Gasteiger partial charge < -0.3 is 14.9 Å². The Kier molecular flexibility index (Phi) is 3.48. The zero-order valence-electron chi connectivity index (χ0n) is 15.2. The normalized spacial score (nSPS) is 11.4. The average molecular weight is 372 g/mol. The van der Waals surface area contributed by atoms with Crippen LogP contribution in [-0.4, -0.2) is 41.5 Å². The SMILES string of the molecule is COc1ccc(-c2nc(N)n3nnnc3c2-c2ccc3ncc(C)n3c2)cc1. The van der Waals surface area contributed by atoms with Crippen LogP contribution >= 0.6 is 0 Å². The summed E-state index contributed by atoms with van der Waals surface area (Å²) >= 11 is 0. The summed E-state index contributed by atoms with van der Waals surface area (Å²) in [5.41, 5.74) is 11.8. The fraction of sp³-hybridized carbons (Fsp3) is 0.105. The minimum Gasteiger partial charge on any atom is -0.497 e. The maximum absolute atomic E-state index is 6.11. The number of fused-ring (bicyclic) bond motifs is 2. The summed E-state index contributed by atoms with van der Waals surface area (Å²) in [6.07, 6.45) is 3.84. The van der Waals surface area contributed by atoms with Gasteiger partial charge in [-0.15, -0.1) is 5.10 Å². The molecule has 0 aliphatic rings. The van der Waals surface area contributed by atoms with Crippen molar-refractivity contribution in [3.8, 4) is 28.1 Å². The molecular weight excluding hydrogens is 356 g/mol. The predicted octanol–water partition coefficient (Wildman–Crippen LogP) is 2.40. The first-order valence-corrected chi connectivity index (χ1v) is 8.62. The summed E-state index contributed by atoms with van der Waals surface area (Å²) in [5, 5.41) is 11.9. The molecule has 138 valence electrons. The molecule has 5 rings (SSSR count). The molecule has 9 nitrogen and oxygen atoms in total. The van der Waals surface area contributed by atoms with Crippen molar-refractivity contribution in [3.05, 3.63) is 54.5 Å². The maximum atomic E-state index is 6.11. The number of ether oxygens (including phenoxy) is 1. The summed E-state index contributed by atoms with van der Waals surface area (Å²) in [4.78, 5) is 8.99. The van der Waals surface area contributed by atoms with Gasteiger partial charge >= 0.3 is 0 Å². The first kappa shape index (κ1) is 16.2. The number of benzene rings is 1. The zero-order valence-corrected chi connectivity index (χ0v) is 15.2. The number of hydrogen-bond acceptors (Lipinski definition) is 7. The fourth-order valence-corrected chi connectivity index (χ4v) is 3.29. The molecule has 0 unspecified atom stereocenters. The Balaban J connectivity index is 1.83. The summed E-state index contributed by atoms with van der Waals surface area (Å²) in [6.45, 7) is 2.00. The second-order valence-corrected chi connectivity index (χ2v) is 6.38. The molecule has 1 aromatic carbocycles. The molecule has 4 heterocycles. The van der Waals surface area contributed by atoms with E-state index in [2.05, 4.69) is 25.5 Å². The molecule has 28 heavy (non-hydrogen) atoms. The first-order valence-electron chi connectivity index (χ1n) is 8.62. The van der Waals surface area contributed by atoms with Crippen LogP contribution in [0.2, 0.25) is 0 Å². The lowest BCUT2D eigenvalue weighted by Gasteiger charge is -2.12. The molecule has 5 aromatic rings. The van der Waals surface area contributed by atoms with Gasteiger partial charge in [-0.1, -0.05) is 0 Å². The van der Waals surface area contributed by atoms with Crippen molar-refractivity contribution >= 4 is 17.2 Å². The Morgan fingerprint density at radius 1 is 1.04 bits per heavy atom. The van der Waals surface area contributed by atoms with Crippen molar-refractivity contribution in [2.24, 2.45) is 0 Å². The second kappa shape index (κ2) is 6.02. The van der Waals surface area contributed by atoms with E-state index in [0.717, 1.165) is 33.8 Å². The van der Waals surface area contributed by atoms with Crippen molar-refractivity contribution in [1.82, 2.24) is 34.4 Å². The Labute approximate surface area is 159 Å². The van der Waals surface area contributed by atoms with E-state index in [1.807, 2.05) is 60.1 Å². The number of pyridine rings is 1. The largest absolute Gasteiger partial charge is 0.497 e. The quantitative estimate of drug-likeness (QED) is 0.518. The van der Waals surface area contributed by atoms with Gasteiger partial charge in [-0.05, 0) is 53.7 Å². The minimum absolute atomic E-state index is 0.217. The highest BCUT2D eigenvalue weighted by molar-refractivity contribution is 5.90. The van der Waals surface area contributed by atoms with Crippen LogP contribution in [0.15, 0.2) is 48.8 Å². The number of methoxy groups -OCH3 is 1. The number of hydrogen-bond donors (Lipinski definition) is 1. The highest BCUT2D eigenvalue weighted by Crippen LogP contribution is 2.35. The molecule has 0 aliphatic carbocycles. The fourth-order valence-electron chi connectivity index (χ4n) is 3.29. The van der Waals surface area contributed by atoms with Gasteiger partial charge in [0.05, 0.1) is 18.4 Å². The molecule has 0 bridgehead atoms. The highest BCUT2D eigenvalue weighted by Gasteiger charge is 2.19. The summed E-state index contributed by atoms with van der Waals surface area (Å²) in [5.74, 6) is 0.980. The molecule has 0 fully saturated rings. The van der Waals surface area contributed by atoms with E-state index < -0.39 is 0 Å². The van der Waals surface area contributed by atoms with Gasteiger partial charge in [-0.25, -0.2) is 9.97 Å². The lowest BCUT2D eigenvalue weighted by Crippen LogP contribution is -2.06. The van der Waals surface area contributed by atoms with Crippen LogP contribution in [0.25, 0.3) is 33.7 Å². The Hall–Kier alpha value is -4.01. The minimum atomic E-state index is 0.217. The number of nitrogens with zero attached hydrogens (tertiary/aromatic N) is 7. The average Bonchev–Trinajstić information content (AvgIpc) is 3.35. The van der Waals surface area contributed by atoms with E-state index in [1.54, 1.807) is 7.11 Å². The lowest BCUT2D eigenvalue weighted by molar-refractivity contribution is 0.415. The molecule has 4 aromatic heterocycles. The number of aryl methyl sites for hydroxylation is 1. The van der Waals surface area contributed by atoms with Gasteiger partial charge in [0, 0.05) is 29.2 Å². The summed E-state index contributed by atoms with van der Waals surface area (Å²) in [7, 11) is 1.63. The van der Waals surface area contributed by atoms with Gasteiger partial charge in [-0.2, -0.15) is 4.52 Å². The topological polar surface area (TPSA) is 109 Å². The maximum Gasteiger partial charge on any atom is 0.225 e. The van der Waals surface area contributed by atoms with Crippen molar-refractivity contribution in [3.63, 3.8) is 0 Å². The lowest BCUT2D eigenvalue weighted by atomic mass is 10.0. The smallest absolute Gasteiger partial charge is 0.225 e. The monoisotopic (exact) mass is 372 g/mol. The van der Waals surface area contributed by atoms with Crippen LogP contribution in [0.1, 0.15) is 5.69 Å². The Morgan fingerprint density at radius 3 is 2.61 bits per heavy atom. The number of imidazole rings is 1. The number of anilines is 1. The number of aromatic nitrogens is 7. The van der Waals surface area contributed by atoms with Crippen molar-refractivity contribution in [1.29, 1.82) is 0 Å². The molecule has 0 amide bonds. The van der Waals surface area contributed by atoms with E-state index >= 15 is 0 Å². The third-order valence-electron chi connectivity index (χ3n) is 4.72. The van der Waals surface area contributed by atoms with Gasteiger partial charge in [-0.3, -0.25) is 0 Å². The van der Waals surface area contributed by atoms with Crippen LogP contribution < -0.4 is 10.5 Å². The molecular formula is C19H16N8O. The van der Waals surface area contributed by atoms with Crippen LogP contribution in [-0.2, 0) is 0 Å². The molecule has 0 radical (unpaired) electrons. The number of nitrogen functional groups attached to an aromatic ring is 1. The molecule has 0 spiro atoms. The highest BCUT2D eigenvalue weighted by atomic mass is 16.5. The third kappa shape index (κ3) is 2.37. The molecule has 0 atom stereocenters. The van der Waals surface area contributed by atoms with E-state index in [1.165, 1.54) is 4.52 Å². The van der Waals surface area contributed by atoms with E-state index in [0.29, 0.717) is 11.3 Å². The molecule has 0 saturated heterocycles. The van der Waals surface area contributed by atoms with Crippen LogP contribution in [0, 0.1) is 6.92 Å². The van der Waals surface area contributed by atoms with Gasteiger partial charge in [0.25, 0.3) is 0 Å². The number of nitrogens with two attached hydrogens (primary N) is 1. The van der Waals surface area contributed by atoms with Crippen molar-refractivity contribution < 1.29 is 4.74 Å². The molecule has 2 N–H and O–H groups in total. The van der Waals surface area contributed by atoms with Crippen LogP contribution in [0.3, 0.4) is 0 Å².